The van der Waals surface area contributed by atoms with Crippen molar-refractivity contribution < 1.29 is 8.83 Å². The molecule has 4 rings (SSSR count). The summed E-state index contributed by atoms with van der Waals surface area (Å²) in [7, 11) is 0. The van der Waals surface area contributed by atoms with Crippen LogP contribution >= 0.6 is 0 Å². The molecule has 0 atom stereocenters. The molecule has 3 fully saturated rings. The quantitative estimate of drug-likeness (QED) is 0.221. The zero-order valence-electron chi connectivity index (χ0n) is 36.7. The summed E-state index contributed by atoms with van der Waals surface area (Å²) in [5.41, 5.74) is 1.68. The van der Waals surface area contributed by atoms with Crippen LogP contribution in [0.4, 0.5) is 0 Å². The van der Waals surface area contributed by atoms with Crippen LogP contribution in [0.2, 0.25) is 0 Å². The lowest BCUT2D eigenvalue weighted by Gasteiger charge is -2.29. The van der Waals surface area contributed by atoms with Gasteiger partial charge >= 0.3 is 5.82 Å². The number of unbranched alkanes of at least 4 members (excludes halogenated alkanes) is 1. The Kier molecular flexibility index (Phi) is 30.9. The van der Waals surface area contributed by atoms with Crippen molar-refractivity contribution in [1.29, 1.82) is 0 Å². The molecule has 0 unspecified atom stereocenters. The minimum Gasteiger partial charge on any atom is -0.396 e. The largest absolute Gasteiger partial charge is 0.519 e. The lowest BCUT2D eigenvalue weighted by atomic mass is 9.90. The summed E-state index contributed by atoms with van der Waals surface area (Å²) in [6.45, 7) is 41.1. The summed E-state index contributed by atoms with van der Waals surface area (Å²) in [5, 5.41) is 0. The molecule has 0 saturated carbocycles. The summed E-state index contributed by atoms with van der Waals surface area (Å²) < 4.78 is 9.61. The molecule has 326 valence electrons. The van der Waals surface area contributed by atoms with Gasteiger partial charge in [0.25, 0.3) is 0 Å². The molecule has 0 radical (unpaired) electrons. The van der Waals surface area contributed by atoms with Crippen LogP contribution in [0.15, 0.2) is 13.6 Å². The van der Waals surface area contributed by atoms with E-state index in [4.69, 9.17) is 8.83 Å². The van der Waals surface area contributed by atoms with Crippen molar-refractivity contribution in [2.45, 2.75) is 215 Å². The van der Waals surface area contributed by atoms with Crippen LogP contribution in [-0.4, -0.2) is 73.6 Å². The van der Waals surface area contributed by atoms with Crippen LogP contribution in [0, 0.1) is 28.6 Å². The Bertz CT molecular complexity index is 1030. The Morgan fingerprint density at radius 2 is 0.796 bits per heavy atom. The number of aryl methyl sites for hydroxylation is 1. The number of nitrogens with zero attached hydrogens (tertiary/aromatic N) is 3. The van der Waals surface area contributed by atoms with Gasteiger partial charge in [-0.05, 0) is 158 Å². The Labute approximate surface area is 340 Å². The van der Waals surface area contributed by atoms with Gasteiger partial charge in [-0.15, -0.1) is 0 Å². The van der Waals surface area contributed by atoms with Crippen LogP contribution in [0.25, 0.3) is 0 Å². The third-order valence-corrected chi connectivity index (χ3v) is 10.1. The summed E-state index contributed by atoms with van der Waals surface area (Å²) in [4.78, 5) is 18.6. The van der Waals surface area contributed by atoms with E-state index in [-0.39, 0.29) is 27.7 Å². The predicted molar refractivity (Wildman–Crippen MR) is 242 cm³/mol. The van der Waals surface area contributed by atoms with E-state index >= 15 is 0 Å². The van der Waals surface area contributed by atoms with E-state index in [9.17, 15) is 4.79 Å². The van der Waals surface area contributed by atoms with Crippen LogP contribution < -0.4 is 5.82 Å². The number of likely N-dealkylation sites (tertiary alicyclic amines) is 3. The Balaban J connectivity index is -0.000000632. The van der Waals surface area contributed by atoms with Crippen molar-refractivity contribution >= 4 is 0 Å². The lowest BCUT2D eigenvalue weighted by Crippen LogP contribution is -2.32. The molecule has 0 N–H and O–H groups in total. The van der Waals surface area contributed by atoms with Crippen molar-refractivity contribution in [3.63, 3.8) is 0 Å². The molecular weight excluding hydrogens is 667 g/mol. The molecule has 3 saturated heterocycles. The van der Waals surface area contributed by atoms with E-state index in [1.807, 2.05) is 0 Å². The van der Waals surface area contributed by atoms with Gasteiger partial charge in [0.15, 0.2) is 0 Å². The highest BCUT2D eigenvalue weighted by Crippen LogP contribution is 2.24. The number of hydrogen-bond acceptors (Lipinski definition) is 6. The topological polar surface area (TPSA) is 53.1 Å². The van der Waals surface area contributed by atoms with Gasteiger partial charge in [0.05, 0.1) is 0 Å². The molecule has 0 aromatic carbocycles. The fourth-order valence-corrected chi connectivity index (χ4v) is 6.88. The second-order valence-corrected chi connectivity index (χ2v) is 20.9. The van der Waals surface area contributed by atoms with Crippen molar-refractivity contribution in [3.05, 3.63) is 22.1 Å². The maximum absolute atomic E-state index is 10.7. The Morgan fingerprint density at radius 3 is 1.13 bits per heavy atom. The summed E-state index contributed by atoms with van der Waals surface area (Å²) in [6, 6.07) is 0. The first-order chi connectivity index (χ1) is 23.6. The van der Waals surface area contributed by atoms with E-state index < -0.39 is 5.82 Å². The molecule has 0 aliphatic carbocycles. The maximum atomic E-state index is 10.7. The molecule has 54 heavy (non-hydrogen) atoms. The molecule has 0 bridgehead atoms. The summed E-state index contributed by atoms with van der Waals surface area (Å²) in [5.74, 6) is 0.647. The highest BCUT2D eigenvalue weighted by atomic mass is 16.6. The second kappa shape index (κ2) is 29.2. The van der Waals surface area contributed by atoms with E-state index in [1.165, 1.54) is 155 Å². The molecule has 6 heteroatoms. The highest BCUT2D eigenvalue weighted by molar-refractivity contribution is 5.02. The molecule has 0 amide bonds. The zero-order valence-corrected chi connectivity index (χ0v) is 36.7. The normalized spacial score (nSPS) is 17.5. The van der Waals surface area contributed by atoms with E-state index in [0.717, 1.165) is 6.42 Å². The van der Waals surface area contributed by atoms with Crippen molar-refractivity contribution in [2.24, 2.45) is 21.7 Å². The first kappa shape index (κ1) is 57.2. The average Bonchev–Trinajstić information content (AvgIpc) is 3.34. The van der Waals surface area contributed by atoms with Crippen molar-refractivity contribution in [2.75, 3.05) is 58.9 Å². The van der Waals surface area contributed by atoms with Gasteiger partial charge in [-0.1, -0.05) is 131 Å². The molecule has 1 aromatic heterocycles. The van der Waals surface area contributed by atoms with Gasteiger partial charge < -0.3 is 23.5 Å². The Hall–Kier alpha value is -1.11. The molecule has 3 aliphatic heterocycles. The van der Waals surface area contributed by atoms with Crippen LogP contribution in [-0.2, 0) is 6.42 Å². The van der Waals surface area contributed by atoms with Crippen molar-refractivity contribution in [3.8, 4) is 0 Å². The first-order valence-corrected chi connectivity index (χ1v) is 21.4. The number of hydrogen-bond donors (Lipinski definition) is 0. The van der Waals surface area contributed by atoms with E-state index in [1.54, 1.807) is 6.92 Å². The van der Waals surface area contributed by atoms with Gasteiger partial charge in [-0.2, -0.15) is 0 Å². The maximum Gasteiger partial charge on any atom is 0.519 e. The standard InChI is InChI=1S/C13H27N.C12H25N.C11H23N.C9H14O3.3CH4/c1-13(2,3)9-5-8-12-14-10-6-4-7-11-14;1-12(2,3)8-7-11-13-9-5-4-6-10-13;1-11(2,3)7-10-12-8-5-4-6-9-12;1-6-7(5-9(2,3)4)12-8(10)11-6;;;/h4-12H2,1-3H3;4-11H2,1-3H3;4-10H2,1-3H3;5H2,1-4H3;3*1H4. The van der Waals surface area contributed by atoms with Gasteiger partial charge in [-0.25, -0.2) is 4.79 Å². The first-order valence-electron chi connectivity index (χ1n) is 21.4. The van der Waals surface area contributed by atoms with E-state index in [0.29, 0.717) is 27.8 Å². The minimum absolute atomic E-state index is 0. The molecular formula is C48H101N3O3. The SMILES string of the molecule is C.C.C.CC(C)(C)CCCCN1CCCCC1.CC(C)(C)CCCN1CCCCC1.CC(C)(C)CCN1CCCCC1.Cc1oc(=O)oc1CC(C)(C)C. The van der Waals surface area contributed by atoms with Crippen LogP contribution in [0.3, 0.4) is 0 Å². The van der Waals surface area contributed by atoms with Crippen LogP contribution in [0.5, 0.6) is 0 Å². The fraction of sp³-hybridized carbons (Fsp3) is 0.938. The third kappa shape index (κ3) is 34.2. The van der Waals surface area contributed by atoms with E-state index in [2.05, 4.69) is 97.8 Å². The van der Waals surface area contributed by atoms with Gasteiger partial charge in [0, 0.05) is 6.42 Å². The lowest BCUT2D eigenvalue weighted by molar-refractivity contribution is 0.196. The molecule has 4 heterocycles. The predicted octanol–water partition coefficient (Wildman–Crippen LogP) is 13.9. The molecule has 3 aliphatic rings. The number of piperidine rings is 3. The fourth-order valence-electron chi connectivity index (χ4n) is 6.88. The summed E-state index contributed by atoms with van der Waals surface area (Å²) in [6.07, 6.45) is 21.9. The summed E-state index contributed by atoms with van der Waals surface area (Å²) >= 11 is 0. The number of rotatable bonds is 10. The third-order valence-electron chi connectivity index (χ3n) is 10.1. The second-order valence-electron chi connectivity index (χ2n) is 20.9. The Morgan fingerprint density at radius 1 is 0.444 bits per heavy atom. The smallest absolute Gasteiger partial charge is 0.396 e. The highest BCUT2D eigenvalue weighted by Gasteiger charge is 2.18. The van der Waals surface area contributed by atoms with Gasteiger partial charge in [0.1, 0.15) is 11.5 Å². The van der Waals surface area contributed by atoms with Crippen LogP contribution in [0.1, 0.15) is 213 Å². The van der Waals surface area contributed by atoms with Gasteiger partial charge in [-0.3, -0.25) is 0 Å². The monoisotopic (exact) mass is 768 g/mol. The molecule has 0 spiro atoms. The molecule has 1 aromatic rings. The van der Waals surface area contributed by atoms with Crippen molar-refractivity contribution in [1.82, 2.24) is 14.7 Å². The van der Waals surface area contributed by atoms with Gasteiger partial charge in [0.2, 0.25) is 0 Å². The molecule has 6 nitrogen and oxygen atoms in total. The zero-order chi connectivity index (χ0) is 38.6. The minimum atomic E-state index is -0.605. The average molecular weight is 768 g/mol.